The molecule has 1 N–H and O–H groups in total. The number of aryl methyl sites for hydroxylation is 1. The SMILES string of the molecule is Cc1ccc(/C(O)=C2/C(=O)C(=O)N(c3nnc(SCc4ccccc4F)s3)C2c2ccc(C(C)(C)C)cc2)cc1. The van der Waals surface area contributed by atoms with Crippen molar-refractivity contribution in [2.24, 2.45) is 0 Å². The van der Waals surface area contributed by atoms with E-state index in [-0.39, 0.29) is 27.7 Å². The smallest absolute Gasteiger partial charge is 0.301 e. The quantitative estimate of drug-likeness (QED) is 0.0863. The van der Waals surface area contributed by atoms with Crippen LogP contribution in [0.2, 0.25) is 0 Å². The Morgan fingerprint density at radius 3 is 2.33 bits per heavy atom. The number of ketones is 1. The molecule has 1 aliphatic heterocycles. The second kappa shape index (κ2) is 11.0. The number of rotatable bonds is 6. The van der Waals surface area contributed by atoms with Gasteiger partial charge in [-0.05, 0) is 35.1 Å². The summed E-state index contributed by atoms with van der Waals surface area (Å²) in [6, 6.07) is 20.4. The number of hydrogen-bond donors (Lipinski definition) is 1. The first kappa shape index (κ1) is 27.7. The van der Waals surface area contributed by atoms with E-state index in [1.165, 1.54) is 22.7 Å². The lowest BCUT2D eigenvalue weighted by molar-refractivity contribution is -0.132. The second-order valence-electron chi connectivity index (χ2n) is 10.6. The van der Waals surface area contributed by atoms with E-state index in [0.29, 0.717) is 26.8 Å². The van der Waals surface area contributed by atoms with Crippen LogP contribution in [0, 0.1) is 12.7 Å². The van der Waals surface area contributed by atoms with Crippen molar-refractivity contribution >= 4 is 45.7 Å². The van der Waals surface area contributed by atoms with Gasteiger partial charge in [-0.1, -0.05) is 116 Å². The Bertz CT molecular complexity index is 1610. The van der Waals surface area contributed by atoms with Gasteiger partial charge in [0.2, 0.25) is 5.13 Å². The van der Waals surface area contributed by atoms with Gasteiger partial charge >= 0.3 is 5.91 Å². The number of thioether (sulfide) groups is 1. The molecule has 1 amide bonds. The first-order valence-electron chi connectivity index (χ1n) is 12.7. The third-order valence-electron chi connectivity index (χ3n) is 6.77. The molecule has 1 aliphatic rings. The van der Waals surface area contributed by atoms with Crippen molar-refractivity contribution in [1.29, 1.82) is 0 Å². The molecule has 1 aromatic heterocycles. The first-order valence-corrected chi connectivity index (χ1v) is 14.5. The molecule has 40 heavy (non-hydrogen) atoms. The number of nitrogens with zero attached hydrogens (tertiary/aromatic N) is 3. The van der Waals surface area contributed by atoms with Gasteiger partial charge in [0.05, 0.1) is 11.6 Å². The zero-order chi connectivity index (χ0) is 28.6. The molecule has 0 bridgehead atoms. The molecule has 1 fully saturated rings. The van der Waals surface area contributed by atoms with Crippen molar-refractivity contribution in [1.82, 2.24) is 10.2 Å². The standard InChI is InChI=1S/C31H28FN3O3S2/c1-18-9-11-20(12-10-18)26(36)24-25(19-13-15-22(16-14-19)31(2,3)4)35(28(38)27(24)37)29-33-34-30(40-29)39-17-21-7-5-6-8-23(21)32/h5-16,25,36H,17H2,1-4H3/b26-24-. The molecule has 1 unspecified atom stereocenters. The summed E-state index contributed by atoms with van der Waals surface area (Å²) >= 11 is 2.44. The van der Waals surface area contributed by atoms with E-state index < -0.39 is 17.7 Å². The van der Waals surface area contributed by atoms with Crippen LogP contribution in [0.5, 0.6) is 0 Å². The third kappa shape index (κ3) is 5.44. The zero-order valence-corrected chi connectivity index (χ0v) is 24.1. The largest absolute Gasteiger partial charge is 0.507 e. The number of amides is 1. The second-order valence-corrected chi connectivity index (χ2v) is 12.8. The number of carbonyl (C=O) groups excluding carboxylic acids is 2. The Morgan fingerprint density at radius 2 is 1.68 bits per heavy atom. The van der Waals surface area contributed by atoms with Crippen LogP contribution in [-0.4, -0.2) is 27.0 Å². The Kier molecular flexibility index (Phi) is 7.61. The highest BCUT2D eigenvalue weighted by Crippen LogP contribution is 2.44. The van der Waals surface area contributed by atoms with Gasteiger partial charge in [-0.3, -0.25) is 14.5 Å². The van der Waals surface area contributed by atoms with Crippen LogP contribution >= 0.6 is 23.1 Å². The maximum absolute atomic E-state index is 14.1. The highest BCUT2D eigenvalue weighted by molar-refractivity contribution is 8.00. The molecule has 3 aromatic carbocycles. The molecule has 9 heteroatoms. The number of halogens is 1. The average Bonchev–Trinajstić information content (AvgIpc) is 3.50. The summed E-state index contributed by atoms with van der Waals surface area (Å²) in [4.78, 5) is 28.2. The third-order valence-corrected chi connectivity index (χ3v) is 8.88. The molecule has 2 heterocycles. The summed E-state index contributed by atoms with van der Waals surface area (Å²) < 4.78 is 14.6. The molecule has 0 spiro atoms. The minimum atomic E-state index is -0.896. The number of anilines is 1. The van der Waals surface area contributed by atoms with Gasteiger partial charge in [0.1, 0.15) is 11.6 Å². The normalized spacial score (nSPS) is 17.0. The molecule has 6 nitrogen and oxygen atoms in total. The van der Waals surface area contributed by atoms with Crippen molar-refractivity contribution in [3.8, 4) is 0 Å². The first-order chi connectivity index (χ1) is 19.0. The van der Waals surface area contributed by atoms with Crippen molar-refractivity contribution in [2.45, 2.75) is 49.2 Å². The Morgan fingerprint density at radius 1 is 1.00 bits per heavy atom. The Balaban J connectivity index is 1.56. The highest BCUT2D eigenvalue weighted by Gasteiger charge is 2.48. The van der Waals surface area contributed by atoms with E-state index in [9.17, 15) is 19.1 Å². The van der Waals surface area contributed by atoms with E-state index >= 15 is 0 Å². The van der Waals surface area contributed by atoms with E-state index in [4.69, 9.17) is 0 Å². The number of carbonyl (C=O) groups is 2. The van der Waals surface area contributed by atoms with Gasteiger partial charge in [-0.2, -0.15) is 0 Å². The van der Waals surface area contributed by atoms with E-state index in [1.54, 1.807) is 30.3 Å². The van der Waals surface area contributed by atoms with Crippen molar-refractivity contribution in [3.63, 3.8) is 0 Å². The van der Waals surface area contributed by atoms with Gasteiger partial charge in [0.25, 0.3) is 5.78 Å². The number of hydrogen-bond acceptors (Lipinski definition) is 7. The number of Topliss-reactive ketones (excluding diaryl/α,β-unsaturated/α-hetero) is 1. The lowest BCUT2D eigenvalue weighted by atomic mass is 9.85. The number of aliphatic hydroxyl groups excluding tert-OH is 1. The van der Waals surface area contributed by atoms with Gasteiger partial charge in [-0.15, -0.1) is 10.2 Å². The van der Waals surface area contributed by atoms with Crippen LogP contribution in [0.3, 0.4) is 0 Å². The van der Waals surface area contributed by atoms with Gasteiger partial charge in [-0.25, -0.2) is 4.39 Å². The summed E-state index contributed by atoms with van der Waals surface area (Å²) in [5, 5.41) is 20.0. The highest BCUT2D eigenvalue weighted by atomic mass is 32.2. The summed E-state index contributed by atoms with van der Waals surface area (Å²) in [7, 11) is 0. The predicted molar refractivity (Wildman–Crippen MR) is 157 cm³/mol. The van der Waals surface area contributed by atoms with Crippen molar-refractivity contribution in [3.05, 3.63) is 112 Å². The maximum atomic E-state index is 14.1. The van der Waals surface area contributed by atoms with Crippen LogP contribution < -0.4 is 4.90 Å². The molecule has 0 saturated carbocycles. The summed E-state index contributed by atoms with van der Waals surface area (Å²) in [6.45, 7) is 8.24. The van der Waals surface area contributed by atoms with E-state index in [1.807, 2.05) is 43.3 Å². The molecule has 0 radical (unpaired) electrons. The molecule has 204 valence electrons. The predicted octanol–water partition coefficient (Wildman–Crippen LogP) is 7.20. The molecule has 0 aliphatic carbocycles. The molecule has 4 aromatic rings. The molecule has 1 atom stereocenters. The van der Waals surface area contributed by atoms with Crippen molar-refractivity contribution < 1.29 is 19.1 Å². The van der Waals surface area contributed by atoms with E-state index in [0.717, 1.165) is 22.5 Å². The monoisotopic (exact) mass is 573 g/mol. The van der Waals surface area contributed by atoms with Crippen LogP contribution in [0.25, 0.3) is 5.76 Å². The molecular weight excluding hydrogens is 545 g/mol. The fourth-order valence-electron chi connectivity index (χ4n) is 4.49. The van der Waals surface area contributed by atoms with Crippen LogP contribution in [0.4, 0.5) is 9.52 Å². The van der Waals surface area contributed by atoms with Crippen LogP contribution in [0.1, 0.15) is 54.6 Å². The van der Waals surface area contributed by atoms with E-state index in [2.05, 4.69) is 31.0 Å². The molecule has 1 saturated heterocycles. The van der Waals surface area contributed by atoms with Gasteiger partial charge < -0.3 is 5.11 Å². The van der Waals surface area contributed by atoms with Gasteiger partial charge in [0.15, 0.2) is 4.34 Å². The maximum Gasteiger partial charge on any atom is 0.301 e. The number of aliphatic hydroxyl groups is 1. The minimum absolute atomic E-state index is 0.00637. The fourth-order valence-corrected chi connectivity index (χ4v) is 6.34. The summed E-state index contributed by atoms with van der Waals surface area (Å²) in [5.74, 6) is -1.80. The summed E-state index contributed by atoms with van der Waals surface area (Å²) in [5.41, 5.74) is 3.63. The average molecular weight is 574 g/mol. The molecule has 5 rings (SSSR count). The van der Waals surface area contributed by atoms with Crippen LogP contribution in [-0.2, 0) is 20.8 Å². The lowest BCUT2D eigenvalue weighted by Gasteiger charge is -2.24. The number of benzene rings is 3. The number of aromatic nitrogens is 2. The summed E-state index contributed by atoms with van der Waals surface area (Å²) in [6.07, 6.45) is 0. The topological polar surface area (TPSA) is 83.4 Å². The van der Waals surface area contributed by atoms with Gasteiger partial charge in [0, 0.05) is 11.3 Å². The minimum Gasteiger partial charge on any atom is -0.507 e. The zero-order valence-electron chi connectivity index (χ0n) is 22.5. The Hall–Kier alpha value is -3.82. The molecular formula is C31H28FN3O3S2. The lowest BCUT2D eigenvalue weighted by Crippen LogP contribution is -2.29. The fraction of sp³-hybridized carbons (Fsp3) is 0.226. The Labute approximate surface area is 240 Å². The van der Waals surface area contributed by atoms with Crippen LogP contribution in [0.15, 0.2) is 82.7 Å². The van der Waals surface area contributed by atoms with Crippen molar-refractivity contribution in [2.75, 3.05) is 4.90 Å².